The molecule has 0 aliphatic carbocycles. The number of nitrogens with one attached hydrogen (secondary N) is 1. The third kappa shape index (κ3) is 4.43. The highest BCUT2D eigenvalue weighted by molar-refractivity contribution is 6.07. The summed E-state index contributed by atoms with van der Waals surface area (Å²) in [5.41, 5.74) is 2.49. The Labute approximate surface area is 182 Å². The molecule has 0 bridgehead atoms. The van der Waals surface area contributed by atoms with E-state index in [0.717, 1.165) is 34.4 Å². The molecule has 6 nitrogen and oxygen atoms in total. The summed E-state index contributed by atoms with van der Waals surface area (Å²) in [5.74, 6) is 1.52. The van der Waals surface area contributed by atoms with Gasteiger partial charge in [0.25, 0.3) is 0 Å². The maximum Gasteiger partial charge on any atom is 0.240 e. The van der Waals surface area contributed by atoms with Gasteiger partial charge in [0.2, 0.25) is 5.91 Å². The van der Waals surface area contributed by atoms with Gasteiger partial charge >= 0.3 is 0 Å². The summed E-state index contributed by atoms with van der Waals surface area (Å²) in [6.07, 6.45) is 2.62. The fourth-order valence-corrected chi connectivity index (χ4v) is 4.04. The van der Waals surface area contributed by atoms with Gasteiger partial charge in [0, 0.05) is 29.1 Å². The van der Waals surface area contributed by atoms with Crippen LogP contribution in [0.3, 0.4) is 0 Å². The lowest BCUT2D eigenvalue weighted by Crippen LogP contribution is -2.34. The molecule has 0 radical (unpaired) electrons. The van der Waals surface area contributed by atoms with Gasteiger partial charge < -0.3 is 19.4 Å². The molecule has 1 aliphatic heterocycles. The molecule has 2 aromatic carbocycles. The van der Waals surface area contributed by atoms with Crippen molar-refractivity contribution < 1.29 is 19.1 Å². The van der Waals surface area contributed by atoms with Crippen molar-refractivity contribution >= 4 is 22.6 Å². The average molecular weight is 421 g/mol. The summed E-state index contributed by atoms with van der Waals surface area (Å²) in [6.45, 7) is 7.10. The van der Waals surface area contributed by atoms with Gasteiger partial charge in [-0.05, 0) is 36.6 Å². The first-order valence-corrected chi connectivity index (χ1v) is 10.7. The second-order valence-corrected chi connectivity index (χ2v) is 8.29. The number of carbonyl (C=O) groups is 2. The van der Waals surface area contributed by atoms with Crippen molar-refractivity contribution in [1.29, 1.82) is 0 Å². The van der Waals surface area contributed by atoms with Crippen molar-refractivity contribution in [3.05, 3.63) is 59.8 Å². The second-order valence-electron chi connectivity index (χ2n) is 8.29. The number of Topliss-reactive ketones (excluding diaryl/α,β-unsaturated/α-hetero) is 1. The zero-order valence-electron chi connectivity index (χ0n) is 18.2. The maximum absolute atomic E-state index is 13.0. The van der Waals surface area contributed by atoms with E-state index in [9.17, 15) is 9.59 Å². The number of rotatable bonds is 6. The molecule has 1 atom stereocenters. The van der Waals surface area contributed by atoms with Crippen molar-refractivity contribution in [2.45, 2.75) is 39.8 Å². The zero-order chi connectivity index (χ0) is 22.0. The number of hydrogen-bond acceptors (Lipinski definition) is 4. The van der Waals surface area contributed by atoms with E-state index in [1.54, 1.807) is 13.1 Å². The molecule has 6 heteroatoms. The lowest BCUT2D eigenvalue weighted by Gasteiger charge is -2.24. The van der Waals surface area contributed by atoms with Crippen LogP contribution in [-0.4, -0.2) is 29.5 Å². The summed E-state index contributed by atoms with van der Waals surface area (Å²) >= 11 is 0. The zero-order valence-corrected chi connectivity index (χ0v) is 18.2. The van der Waals surface area contributed by atoms with Gasteiger partial charge in [-0.25, -0.2) is 0 Å². The van der Waals surface area contributed by atoms with Crippen LogP contribution in [0.15, 0.2) is 48.7 Å². The van der Waals surface area contributed by atoms with Crippen molar-refractivity contribution in [3.63, 3.8) is 0 Å². The van der Waals surface area contributed by atoms with E-state index in [0.29, 0.717) is 18.8 Å². The van der Waals surface area contributed by atoms with E-state index in [1.807, 2.05) is 47.0 Å². The van der Waals surface area contributed by atoms with Crippen LogP contribution in [0.5, 0.6) is 11.5 Å². The number of hydrogen-bond donors (Lipinski definition) is 1. The van der Waals surface area contributed by atoms with E-state index in [4.69, 9.17) is 9.47 Å². The van der Waals surface area contributed by atoms with Crippen LogP contribution in [0.4, 0.5) is 0 Å². The third-order valence-electron chi connectivity index (χ3n) is 5.60. The molecular formula is C25H28N2O4. The van der Waals surface area contributed by atoms with E-state index >= 15 is 0 Å². The van der Waals surface area contributed by atoms with Crippen molar-refractivity contribution in [2.24, 2.45) is 5.92 Å². The van der Waals surface area contributed by atoms with Gasteiger partial charge in [-0.1, -0.05) is 38.1 Å². The smallest absolute Gasteiger partial charge is 0.240 e. The van der Waals surface area contributed by atoms with Crippen LogP contribution in [-0.2, 0) is 11.3 Å². The number of para-hydroxylation sites is 1. The molecule has 0 fully saturated rings. The van der Waals surface area contributed by atoms with E-state index < -0.39 is 0 Å². The van der Waals surface area contributed by atoms with Crippen molar-refractivity contribution in [1.82, 2.24) is 9.88 Å². The van der Waals surface area contributed by atoms with Crippen LogP contribution < -0.4 is 14.8 Å². The minimum atomic E-state index is -0.168. The normalized spacial score (nSPS) is 14.3. The van der Waals surface area contributed by atoms with Gasteiger partial charge in [0.1, 0.15) is 6.54 Å². The molecule has 2 heterocycles. The number of aromatic nitrogens is 1. The number of carbonyl (C=O) groups excluding carboxylic acids is 2. The average Bonchev–Trinajstić information content (AvgIpc) is 2.94. The predicted molar refractivity (Wildman–Crippen MR) is 120 cm³/mol. The maximum atomic E-state index is 13.0. The van der Waals surface area contributed by atoms with Crippen LogP contribution in [0.25, 0.3) is 10.9 Å². The minimum Gasteiger partial charge on any atom is -0.490 e. The highest BCUT2D eigenvalue weighted by atomic mass is 16.5. The fraction of sp³-hybridized carbons (Fsp3) is 0.360. The number of amides is 1. The molecule has 0 spiro atoms. The number of benzene rings is 2. The lowest BCUT2D eigenvalue weighted by atomic mass is 9.95. The van der Waals surface area contributed by atoms with Crippen molar-refractivity contribution in [2.75, 3.05) is 13.2 Å². The molecule has 1 unspecified atom stereocenters. The summed E-state index contributed by atoms with van der Waals surface area (Å²) in [7, 11) is 0. The Morgan fingerprint density at radius 1 is 1.06 bits per heavy atom. The first kappa shape index (κ1) is 21.0. The Morgan fingerprint density at radius 3 is 2.55 bits per heavy atom. The Balaban J connectivity index is 1.56. The first-order chi connectivity index (χ1) is 14.9. The Morgan fingerprint density at radius 2 is 1.81 bits per heavy atom. The third-order valence-corrected chi connectivity index (χ3v) is 5.60. The van der Waals surface area contributed by atoms with E-state index in [1.165, 1.54) is 0 Å². The molecule has 31 heavy (non-hydrogen) atoms. The van der Waals surface area contributed by atoms with Crippen LogP contribution >= 0.6 is 0 Å². The van der Waals surface area contributed by atoms with Gasteiger partial charge in [-0.3, -0.25) is 9.59 Å². The molecule has 1 amide bonds. The molecule has 0 saturated heterocycles. The number of ketones is 1. The predicted octanol–water partition coefficient (Wildman–Crippen LogP) is 4.52. The number of nitrogens with zero attached hydrogens (tertiary/aromatic N) is 1. The number of ether oxygens (including phenoxy) is 2. The van der Waals surface area contributed by atoms with Crippen molar-refractivity contribution in [3.8, 4) is 11.5 Å². The molecular weight excluding hydrogens is 392 g/mol. The van der Waals surface area contributed by atoms with Crippen LogP contribution in [0.1, 0.15) is 49.2 Å². The van der Waals surface area contributed by atoms with Gasteiger partial charge in [0.15, 0.2) is 17.3 Å². The van der Waals surface area contributed by atoms with E-state index in [2.05, 4.69) is 19.2 Å². The van der Waals surface area contributed by atoms with Gasteiger partial charge in [0.05, 0.1) is 19.3 Å². The lowest BCUT2D eigenvalue weighted by molar-refractivity contribution is -0.122. The molecule has 3 aromatic rings. The van der Waals surface area contributed by atoms with Crippen LogP contribution in [0, 0.1) is 5.92 Å². The molecule has 1 N–H and O–H groups in total. The molecule has 4 rings (SSSR count). The monoisotopic (exact) mass is 420 g/mol. The summed E-state index contributed by atoms with van der Waals surface area (Å²) in [6, 6.07) is 13.3. The topological polar surface area (TPSA) is 69.6 Å². The highest BCUT2D eigenvalue weighted by Crippen LogP contribution is 2.34. The molecule has 1 aliphatic rings. The summed E-state index contributed by atoms with van der Waals surface area (Å²) in [5, 5.41) is 4.03. The minimum absolute atomic E-state index is 0.0115. The summed E-state index contributed by atoms with van der Waals surface area (Å²) in [4.78, 5) is 25.0. The number of fused-ring (bicyclic) bond motifs is 2. The van der Waals surface area contributed by atoms with Gasteiger partial charge in [-0.2, -0.15) is 0 Å². The first-order valence-electron chi connectivity index (χ1n) is 10.7. The molecule has 162 valence electrons. The second kappa shape index (κ2) is 8.84. The Kier molecular flexibility index (Phi) is 5.98. The Bertz CT molecular complexity index is 1120. The largest absolute Gasteiger partial charge is 0.490 e. The van der Waals surface area contributed by atoms with Gasteiger partial charge in [-0.15, -0.1) is 0 Å². The molecule has 0 saturated carbocycles. The fourth-order valence-electron chi connectivity index (χ4n) is 4.04. The molecule has 1 aromatic heterocycles. The van der Waals surface area contributed by atoms with E-state index in [-0.39, 0.29) is 30.2 Å². The highest BCUT2D eigenvalue weighted by Gasteiger charge is 2.22. The summed E-state index contributed by atoms with van der Waals surface area (Å²) < 4.78 is 13.4. The standard InChI is InChI=1S/C25H28N2O4/c1-16(2)25(18-9-10-22-23(13-18)31-12-6-11-30-22)26-24(29)15-27-14-20(17(3)28)19-7-4-5-8-21(19)27/h4-5,7-10,13-14,16,25H,6,11-12,15H2,1-3H3,(H,26,29). The quantitative estimate of drug-likeness (QED) is 0.596. The van der Waals surface area contributed by atoms with Crippen LogP contribution in [0.2, 0.25) is 0 Å². The SMILES string of the molecule is CC(=O)c1cn(CC(=O)NC(c2ccc3c(c2)OCCCO3)C(C)C)c2ccccc12. The Hall–Kier alpha value is -3.28.